The Kier molecular flexibility index (Phi) is 7.06. The van der Waals surface area contributed by atoms with Gasteiger partial charge in [-0.15, -0.1) is 0 Å². The van der Waals surface area contributed by atoms with E-state index in [-0.39, 0.29) is 17.9 Å². The quantitative estimate of drug-likeness (QED) is 0.810. The summed E-state index contributed by atoms with van der Waals surface area (Å²) in [7, 11) is 0. The Morgan fingerprint density at radius 2 is 1.64 bits per heavy atom. The molecule has 1 aliphatic rings. The average molecular weight is 400 g/mol. The molecule has 3 rings (SSSR count). The molecule has 1 heterocycles. The normalized spacial score (nSPS) is 15.9. The van der Waals surface area contributed by atoms with Crippen molar-refractivity contribution in [1.82, 2.24) is 15.1 Å². The van der Waals surface area contributed by atoms with Crippen molar-refractivity contribution in [2.45, 2.75) is 19.4 Å². The molecular formula is C22H26ClN3O2. The third-order valence-corrected chi connectivity index (χ3v) is 5.43. The molecule has 1 saturated heterocycles. The van der Waals surface area contributed by atoms with Gasteiger partial charge in [-0.3, -0.25) is 14.5 Å². The molecular weight excluding hydrogens is 374 g/mol. The lowest BCUT2D eigenvalue weighted by Gasteiger charge is -2.34. The fraction of sp³-hybridized carbons (Fsp3) is 0.364. The smallest absolute Gasteiger partial charge is 0.255 e. The second-order valence-corrected chi connectivity index (χ2v) is 7.47. The Morgan fingerprint density at radius 1 is 1.00 bits per heavy atom. The van der Waals surface area contributed by atoms with E-state index < -0.39 is 0 Å². The van der Waals surface area contributed by atoms with Gasteiger partial charge in [0.05, 0.1) is 16.6 Å². The molecule has 1 atom stereocenters. The molecule has 0 spiro atoms. The zero-order valence-electron chi connectivity index (χ0n) is 16.1. The van der Waals surface area contributed by atoms with Crippen LogP contribution in [-0.4, -0.2) is 54.3 Å². The van der Waals surface area contributed by atoms with E-state index in [1.807, 2.05) is 54.3 Å². The van der Waals surface area contributed by atoms with Gasteiger partial charge in [0, 0.05) is 39.1 Å². The number of piperazine rings is 1. The lowest BCUT2D eigenvalue weighted by molar-refractivity contribution is -0.122. The first-order valence-corrected chi connectivity index (χ1v) is 10.0. The minimum atomic E-state index is -0.0281. The summed E-state index contributed by atoms with van der Waals surface area (Å²) >= 11 is 6.13. The Bertz CT molecular complexity index is 804. The van der Waals surface area contributed by atoms with Gasteiger partial charge in [0.15, 0.2) is 0 Å². The zero-order chi connectivity index (χ0) is 19.9. The topological polar surface area (TPSA) is 52.7 Å². The molecule has 5 nitrogen and oxygen atoms in total. The molecule has 0 aromatic heterocycles. The summed E-state index contributed by atoms with van der Waals surface area (Å²) in [5, 5.41) is 3.53. The highest BCUT2D eigenvalue weighted by Crippen LogP contribution is 2.18. The molecule has 1 N–H and O–H groups in total. The highest BCUT2D eigenvalue weighted by atomic mass is 35.5. The van der Waals surface area contributed by atoms with Gasteiger partial charge in [-0.05, 0) is 24.6 Å². The van der Waals surface area contributed by atoms with Crippen molar-refractivity contribution in [2.24, 2.45) is 0 Å². The van der Waals surface area contributed by atoms with Crippen LogP contribution in [-0.2, 0) is 4.79 Å². The number of carbonyl (C=O) groups excluding carboxylic acids is 2. The Morgan fingerprint density at radius 3 is 2.32 bits per heavy atom. The molecule has 2 aromatic rings. The number of carbonyl (C=O) groups is 2. The predicted octanol–water partition coefficient (Wildman–Crippen LogP) is 3.37. The number of nitrogens with zero attached hydrogens (tertiary/aromatic N) is 2. The van der Waals surface area contributed by atoms with E-state index in [0.29, 0.717) is 36.6 Å². The first kappa shape index (κ1) is 20.4. The number of benzene rings is 2. The van der Waals surface area contributed by atoms with E-state index in [0.717, 1.165) is 18.7 Å². The van der Waals surface area contributed by atoms with Gasteiger partial charge in [-0.1, -0.05) is 54.1 Å². The molecule has 148 valence electrons. The minimum absolute atomic E-state index is 0.00112. The number of nitrogens with one attached hydrogen (secondary N) is 1. The Balaban J connectivity index is 1.41. The van der Waals surface area contributed by atoms with Crippen LogP contribution >= 0.6 is 11.6 Å². The van der Waals surface area contributed by atoms with Crippen molar-refractivity contribution in [2.75, 3.05) is 32.7 Å². The van der Waals surface area contributed by atoms with Crippen LogP contribution in [0.2, 0.25) is 5.02 Å². The molecule has 0 radical (unpaired) electrons. The van der Waals surface area contributed by atoms with Crippen LogP contribution in [0.15, 0.2) is 54.6 Å². The van der Waals surface area contributed by atoms with Crippen LogP contribution < -0.4 is 5.32 Å². The fourth-order valence-electron chi connectivity index (χ4n) is 3.38. The van der Waals surface area contributed by atoms with Crippen molar-refractivity contribution >= 4 is 23.4 Å². The van der Waals surface area contributed by atoms with Gasteiger partial charge >= 0.3 is 0 Å². The molecule has 1 fully saturated rings. The summed E-state index contributed by atoms with van der Waals surface area (Å²) in [5.74, 6) is 0.0191. The summed E-state index contributed by atoms with van der Waals surface area (Å²) in [5.41, 5.74) is 1.65. The lowest BCUT2D eigenvalue weighted by Crippen LogP contribution is -2.49. The van der Waals surface area contributed by atoms with Crippen molar-refractivity contribution in [3.05, 3.63) is 70.7 Å². The maximum absolute atomic E-state index is 12.6. The fourth-order valence-corrected chi connectivity index (χ4v) is 3.59. The number of hydrogen-bond donors (Lipinski definition) is 1. The van der Waals surface area contributed by atoms with E-state index >= 15 is 0 Å². The summed E-state index contributed by atoms with van der Waals surface area (Å²) in [6.45, 7) is 5.50. The van der Waals surface area contributed by atoms with Gasteiger partial charge in [-0.2, -0.15) is 0 Å². The van der Waals surface area contributed by atoms with Crippen LogP contribution in [0.1, 0.15) is 35.3 Å². The van der Waals surface area contributed by atoms with Gasteiger partial charge in [0.1, 0.15) is 0 Å². The lowest BCUT2D eigenvalue weighted by atomic mass is 10.1. The van der Waals surface area contributed by atoms with E-state index in [1.54, 1.807) is 12.1 Å². The Labute approximate surface area is 171 Å². The molecule has 0 aliphatic carbocycles. The van der Waals surface area contributed by atoms with Gasteiger partial charge in [0.2, 0.25) is 5.91 Å². The minimum Gasteiger partial charge on any atom is -0.350 e. The van der Waals surface area contributed by atoms with Crippen LogP contribution in [0, 0.1) is 0 Å². The van der Waals surface area contributed by atoms with Crippen molar-refractivity contribution in [3.63, 3.8) is 0 Å². The van der Waals surface area contributed by atoms with Gasteiger partial charge in [0.25, 0.3) is 5.91 Å². The molecule has 0 unspecified atom stereocenters. The predicted molar refractivity (Wildman–Crippen MR) is 111 cm³/mol. The van der Waals surface area contributed by atoms with Gasteiger partial charge < -0.3 is 10.2 Å². The maximum Gasteiger partial charge on any atom is 0.255 e. The van der Waals surface area contributed by atoms with Crippen molar-refractivity contribution in [3.8, 4) is 0 Å². The van der Waals surface area contributed by atoms with Gasteiger partial charge in [-0.25, -0.2) is 0 Å². The number of amides is 2. The van der Waals surface area contributed by atoms with E-state index in [4.69, 9.17) is 11.6 Å². The van der Waals surface area contributed by atoms with Crippen molar-refractivity contribution < 1.29 is 9.59 Å². The summed E-state index contributed by atoms with van der Waals surface area (Å²) in [6, 6.07) is 17.1. The molecule has 1 aliphatic heterocycles. The third kappa shape index (κ3) is 5.33. The molecule has 0 saturated carbocycles. The van der Waals surface area contributed by atoms with Crippen LogP contribution in [0.25, 0.3) is 0 Å². The highest BCUT2D eigenvalue weighted by molar-refractivity contribution is 6.33. The largest absolute Gasteiger partial charge is 0.350 e. The second kappa shape index (κ2) is 9.71. The van der Waals surface area contributed by atoms with Crippen LogP contribution in [0.5, 0.6) is 0 Å². The summed E-state index contributed by atoms with van der Waals surface area (Å²) in [4.78, 5) is 28.9. The molecule has 28 heavy (non-hydrogen) atoms. The standard InChI is InChI=1S/C22H26ClN3O2/c1-17(18-7-3-2-4-8-18)24-21(27)11-12-25-13-15-26(16-14-25)22(28)19-9-5-6-10-20(19)23/h2-10,17H,11-16H2,1H3,(H,24,27)/t17-/m1/s1. The third-order valence-electron chi connectivity index (χ3n) is 5.10. The van der Waals surface area contributed by atoms with E-state index in [1.165, 1.54) is 0 Å². The molecule has 2 amide bonds. The monoisotopic (exact) mass is 399 g/mol. The Hall–Kier alpha value is -2.37. The summed E-state index contributed by atoms with van der Waals surface area (Å²) < 4.78 is 0. The molecule has 6 heteroatoms. The first-order valence-electron chi connectivity index (χ1n) is 9.65. The maximum atomic E-state index is 12.6. The van der Waals surface area contributed by atoms with E-state index in [2.05, 4.69) is 10.2 Å². The summed E-state index contributed by atoms with van der Waals surface area (Å²) in [6.07, 6.45) is 0.454. The van der Waals surface area contributed by atoms with Crippen LogP contribution in [0.4, 0.5) is 0 Å². The highest BCUT2D eigenvalue weighted by Gasteiger charge is 2.23. The second-order valence-electron chi connectivity index (χ2n) is 7.06. The van der Waals surface area contributed by atoms with Crippen LogP contribution in [0.3, 0.4) is 0 Å². The van der Waals surface area contributed by atoms with E-state index in [9.17, 15) is 9.59 Å². The first-order chi connectivity index (χ1) is 13.5. The number of halogens is 1. The zero-order valence-corrected chi connectivity index (χ0v) is 16.9. The molecule has 0 bridgehead atoms. The SMILES string of the molecule is C[C@@H](NC(=O)CCN1CCN(C(=O)c2ccccc2Cl)CC1)c1ccccc1. The number of hydrogen-bond acceptors (Lipinski definition) is 3. The molecule has 2 aromatic carbocycles. The van der Waals surface area contributed by atoms with Crippen molar-refractivity contribution in [1.29, 1.82) is 0 Å². The number of rotatable bonds is 6. The average Bonchev–Trinajstić information content (AvgIpc) is 2.73.